The minimum Gasteiger partial charge on any atom is -0.457 e. The fourth-order valence-electron chi connectivity index (χ4n) is 1.83. The highest BCUT2D eigenvalue weighted by Crippen LogP contribution is 2.18. The number of hydrogen-bond donors (Lipinski definition) is 1. The molecule has 2 rings (SSSR count). The maximum atomic E-state index is 13.2. The molecule has 0 aromatic heterocycles. The van der Waals surface area contributed by atoms with E-state index in [0.29, 0.717) is 11.3 Å². The Balaban J connectivity index is 2.11. The number of benzene rings is 2. The van der Waals surface area contributed by atoms with Crippen LogP contribution in [0.3, 0.4) is 0 Å². The highest BCUT2D eigenvalue weighted by atomic mass is 19.1. The van der Waals surface area contributed by atoms with E-state index in [1.54, 1.807) is 31.2 Å². The number of nitrogen functional groups attached to an aromatic ring is 1. The number of rotatable bonds is 3. The molecule has 0 spiro atoms. The molecule has 106 valence electrons. The number of esters is 1. The summed E-state index contributed by atoms with van der Waals surface area (Å²) in [6.45, 7) is 1.74. The lowest BCUT2D eigenvalue weighted by molar-refractivity contribution is 0.0474. The highest BCUT2D eigenvalue weighted by molar-refractivity contribution is 5.95. The number of ether oxygens (including phenoxy) is 1. The molecule has 21 heavy (non-hydrogen) atoms. The molecule has 0 amide bonds. The topological polar surface area (TPSA) is 76.1 Å². The summed E-state index contributed by atoms with van der Waals surface area (Å²) in [5, 5.41) is 8.75. The highest BCUT2D eigenvalue weighted by Gasteiger charge is 2.13. The van der Waals surface area contributed by atoms with Crippen molar-refractivity contribution in [3.05, 3.63) is 64.5 Å². The summed E-state index contributed by atoms with van der Waals surface area (Å²) in [7, 11) is 0. The van der Waals surface area contributed by atoms with E-state index in [1.165, 1.54) is 18.2 Å². The van der Waals surface area contributed by atoms with Gasteiger partial charge in [-0.15, -0.1) is 0 Å². The Morgan fingerprint density at radius 2 is 2.14 bits per heavy atom. The molecule has 0 bridgehead atoms. The van der Waals surface area contributed by atoms with Crippen molar-refractivity contribution in [3.63, 3.8) is 0 Å². The zero-order valence-electron chi connectivity index (χ0n) is 11.4. The van der Waals surface area contributed by atoms with Crippen LogP contribution >= 0.6 is 0 Å². The first kappa shape index (κ1) is 14.5. The molecule has 2 aromatic carbocycles. The number of nitriles is 1. The second-order valence-corrected chi connectivity index (χ2v) is 4.54. The van der Waals surface area contributed by atoms with Gasteiger partial charge in [0, 0.05) is 5.69 Å². The van der Waals surface area contributed by atoms with Crippen molar-refractivity contribution >= 4 is 11.7 Å². The fraction of sp³-hybridized carbons (Fsp3) is 0.125. The molecule has 0 saturated heterocycles. The molecule has 4 nitrogen and oxygen atoms in total. The van der Waals surface area contributed by atoms with Crippen LogP contribution in [-0.2, 0) is 11.3 Å². The SMILES string of the molecule is Cc1cccc(C(=O)OCc2ccc(F)c(C#N)c2)c1N. The summed E-state index contributed by atoms with van der Waals surface area (Å²) in [6, 6.07) is 10.8. The van der Waals surface area contributed by atoms with Gasteiger partial charge < -0.3 is 10.5 Å². The van der Waals surface area contributed by atoms with Gasteiger partial charge >= 0.3 is 5.97 Å². The molecule has 0 saturated carbocycles. The summed E-state index contributed by atoms with van der Waals surface area (Å²) >= 11 is 0. The molecular weight excluding hydrogens is 271 g/mol. The zero-order valence-corrected chi connectivity index (χ0v) is 11.4. The molecule has 2 N–H and O–H groups in total. The average molecular weight is 284 g/mol. The van der Waals surface area contributed by atoms with Gasteiger partial charge in [0.2, 0.25) is 0 Å². The average Bonchev–Trinajstić information content (AvgIpc) is 2.49. The lowest BCUT2D eigenvalue weighted by Gasteiger charge is -2.09. The van der Waals surface area contributed by atoms with Gasteiger partial charge in [-0.05, 0) is 36.2 Å². The van der Waals surface area contributed by atoms with Gasteiger partial charge in [-0.25, -0.2) is 9.18 Å². The monoisotopic (exact) mass is 284 g/mol. The van der Waals surface area contributed by atoms with Crippen molar-refractivity contribution in [2.75, 3.05) is 5.73 Å². The van der Waals surface area contributed by atoms with E-state index in [4.69, 9.17) is 15.7 Å². The van der Waals surface area contributed by atoms with Crippen LogP contribution in [0.15, 0.2) is 36.4 Å². The Morgan fingerprint density at radius 3 is 2.86 bits per heavy atom. The van der Waals surface area contributed by atoms with Gasteiger partial charge in [0.05, 0.1) is 11.1 Å². The summed E-state index contributed by atoms with van der Waals surface area (Å²) in [4.78, 5) is 12.0. The van der Waals surface area contributed by atoms with E-state index in [1.807, 2.05) is 0 Å². The number of para-hydroxylation sites is 1. The van der Waals surface area contributed by atoms with Gasteiger partial charge in [0.1, 0.15) is 18.5 Å². The van der Waals surface area contributed by atoms with E-state index in [2.05, 4.69) is 0 Å². The number of halogens is 1. The Labute approximate surface area is 121 Å². The third-order valence-corrected chi connectivity index (χ3v) is 3.07. The summed E-state index contributed by atoms with van der Waals surface area (Å²) in [6.07, 6.45) is 0. The van der Waals surface area contributed by atoms with Crippen molar-refractivity contribution in [3.8, 4) is 6.07 Å². The molecule has 0 radical (unpaired) electrons. The van der Waals surface area contributed by atoms with E-state index in [9.17, 15) is 9.18 Å². The first-order valence-electron chi connectivity index (χ1n) is 6.23. The minimum atomic E-state index is -0.601. The Morgan fingerprint density at radius 1 is 1.38 bits per heavy atom. The van der Waals surface area contributed by atoms with E-state index >= 15 is 0 Å². The van der Waals surface area contributed by atoms with Crippen LogP contribution in [0.25, 0.3) is 0 Å². The number of nitrogens with two attached hydrogens (primary N) is 1. The Hall–Kier alpha value is -2.87. The summed E-state index contributed by atoms with van der Waals surface area (Å²) < 4.78 is 18.3. The molecule has 0 aliphatic heterocycles. The maximum absolute atomic E-state index is 13.2. The maximum Gasteiger partial charge on any atom is 0.340 e. The van der Waals surface area contributed by atoms with Crippen LogP contribution in [0.2, 0.25) is 0 Å². The van der Waals surface area contributed by atoms with Gasteiger partial charge in [0.25, 0.3) is 0 Å². The number of hydrogen-bond acceptors (Lipinski definition) is 4. The Kier molecular flexibility index (Phi) is 4.19. The van der Waals surface area contributed by atoms with E-state index in [0.717, 1.165) is 5.56 Å². The molecule has 0 atom stereocenters. The van der Waals surface area contributed by atoms with E-state index < -0.39 is 11.8 Å². The fourth-order valence-corrected chi connectivity index (χ4v) is 1.83. The summed E-state index contributed by atoms with van der Waals surface area (Å²) in [5.74, 6) is -1.16. The first-order chi connectivity index (χ1) is 10.0. The molecule has 0 unspecified atom stereocenters. The number of carbonyl (C=O) groups is 1. The molecule has 0 aliphatic rings. The second-order valence-electron chi connectivity index (χ2n) is 4.54. The van der Waals surface area contributed by atoms with Crippen LogP contribution in [0, 0.1) is 24.1 Å². The van der Waals surface area contributed by atoms with Crippen molar-refractivity contribution in [1.29, 1.82) is 5.26 Å². The minimum absolute atomic E-state index is 0.0544. The Bertz CT molecular complexity index is 736. The lowest BCUT2D eigenvalue weighted by atomic mass is 10.1. The van der Waals surface area contributed by atoms with Crippen molar-refractivity contribution in [1.82, 2.24) is 0 Å². The lowest BCUT2D eigenvalue weighted by Crippen LogP contribution is -2.09. The first-order valence-corrected chi connectivity index (χ1v) is 6.23. The molecule has 2 aromatic rings. The number of anilines is 1. The quantitative estimate of drug-likeness (QED) is 0.694. The smallest absolute Gasteiger partial charge is 0.340 e. The zero-order chi connectivity index (χ0) is 15.4. The third-order valence-electron chi connectivity index (χ3n) is 3.07. The third kappa shape index (κ3) is 3.18. The van der Waals surface area contributed by atoms with Crippen LogP contribution in [0.5, 0.6) is 0 Å². The molecule has 5 heteroatoms. The largest absolute Gasteiger partial charge is 0.457 e. The van der Waals surface area contributed by atoms with Crippen molar-refractivity contribution in [2.45, 2.75) is 13.5 Å². The normalized spacial score (nSPS) is 9.95. The number of aryl methyl sites for hydroxylation is 1. The predicted molar refractivity (Wildman–Crippen MR) is 75.8 cm³/mol. The predicted octanol–water partition coefficient (Wildman–Crippen LogP) is 2.95. The van der Waals surface area contributed by atoms with Crippen LogP contribution < -0.4 is 5.73 Å². The van der Waals surface area contributed by atoms with E-state index in [-0.39, 0.29) is 17.7 Å². The van der Waals surface area contributed by atoms with Gasteiger partial charge in [-0.1, -0.05) is 18.2 Å². The van der Waals surface area contributed by atoms with Crippen molar-refractivity contribution < 1.29 is 13.9 Å². The van der Waals surface area contributed by atoms with Crippen LogP contribution in [0.4, 0.5) is 10.1 Å². The summed E-state index contributed by atoms with van der Waals surface area (Å²) in [5.41, 5.74) is 7.73. The van der Waals surface area contributed by atoms with Crippen LogP contribution in [-0.4, -0.2) is 5.97 Å². The van der Waals surface area contributed by atoms with Gasteiger partial charge in [0.15, 0.2) is 0 Å². The number of nitrogens with zero attached hydrogens (tertiary/aromatic N) is 1. The van der Waals surface area contributed by atoms with Gasteiger partial charge in [-0.2, -0.15) is 5.26 Å². The molecule has 0 aliphatic carbocycles. The standard InChI is InChI=1S/C16H13FN2O2/c1-10-3-2-4-13(15(10)19)16(20)21-9-11-5-6-14(17)12(7-11)8-18/h2-7H,9,19H2,1H3. The van der Waals surface area contributed by atoms with Gasteiger partial charge in [-0.3, -0.25) is 0 Å². The second kappa shape index (κ2) is 6.06. The van der Waals surface area contributed by atoms with Crippen LogP contribution in [0.1, 0.15) is 27.0 Å². The number of carbonyl (C=O) groups excluding carboxylic acids is 1. The molecule has 0 fully saturated rings. The molecule has 0 heterocycles. The van der Waals surface area contributed by atoms with Crippen molar-refractivity contribution in [2.24, 2.45) is 0 Å². The molecular formula is C16H13FN2O2.